The summed E-state index contributed by atoms with van der Waals surface area (Å²) in [6.07, 6.45) is 3.88. The third-order valence-electron chi connectivity index (χ3n) is 2.11. The van der Waals surface area contributed by atoms with E-state index < -0.39 is 25.9 Å². The molecule has 1 heterocycles. The third-order valence-corrected chi connectivity index (χ3v) is 3.56. The molecule has 1 N–H and O–H groups in total. The van der Waals surface area contributed by atoms with Crippen LogP contribution in [0.25, 0.3) is 0 Å². The normalized spacial score (nSPS) is 12.7. The molecule has 21 heavy (non-hydrogen) atoms. The summed E-state index contributed by atoms with van der Waals surface area (Å²) in [5, 5.41) is 0. The van der Waals surface area contributed by atoms with E-state index in [-0.39, 0.29) is 0 Å². The van der Waals surface area contributed by atoms with E-state index in [1.165, 1.54) is 6.20 Å². The second-order valence-corrected chi connectivity index (χ2v) is 6.37. The summed E-state index contributed by atoms with van der Waals surface area (Å²) < 4.78 is 91.9. The van der Waals surface area contributed by atoms with Crippen molar-refractivity contribution in [3.05, 3.63) is 18.2 Å². The maximum absolute atomic E-state index is 10.8. The van der Waals surface area contributed by atoms with Gasteiger partial charge in [0.2, 0.25) is 0 Å². The first kappa shape index (κ1) is 19.8. The van der Waals surface area contributed by atoms with E-state index in [1.807, 2.05) is 6.92 Å². The molecule has 0 spiro atoms. The van der Waals surface area contributed by atoms with Crippen molar-refractivity contribution in [3.63, 3.8) is 0 Å². The van der Waals surface area contributed by atoms with Crippen LogP contribution in [0.15, 0.2) is 12.4 Å². The summed E-state index contributed by atoms with van der Waals surface area (Å²) in [5.41, 5.74) is -5.65. The van der Waals surface area contributed by atoms with Crippen molar-refractivity contribution in [1.82, 2.24) is 3.97 Å². The lowest BCUT2D eigenvalue weighted by Crippen LogP contribution is -2.35. The fraction of sp³-hybridized carbons (Fsp3) is 0.625. The Morgan fingerprint density at radius 3 is 2.00 bits per heavy atom. The summed E-state index contributed by atoms with van der Waals surface area (Å²) in [6.45, 7) is 4.38. The molecule has 0 saturated heterocycles. The van der Waals surface area contributed by atoms with Crippen LogP contribution in [0.1, 0.15) is 19.2 Å². The maximum Gasteiger partial charge on any atom is 0.485 e. The predicted molar refractivity (Wildman–Crippen MR) is 62.4 cm³/mol. The van der Waals surface area contributed by atoms with Crippen LogP contribution in [-0.4, -0.2) is 35.4 Å². The minimum atomic E-state index is -6.09. The van der Waals surface area contributed by atoms with Gasteiger partial charge in [-0.2, -0.15) is 21.6 Å². The van der Waals surface area contributed by atoms with Crippen molar-refractivity contribution in [1.29, 1.82) is 0 Å². The zero-order valence-electron chi connectivity index (χ0n) is 10.9. The Labute approximate surface area is 119 Å². The molecule has 0 fully saturated rings. The van der Waals surface area contributed by atoms with E-state index in [2.05, 4.69) is 0 Å². The lowest BCUT2D eigenvalue weighted by molar-refractivity contribution is -0.701. The standard InChI is InChI=1S/C7H12N2O3S.CHF3O3S/c1-3-4-8-5-6-9(7(8)2)13(10,11)12;2-1(3,4)8(5,6)7/h5-6H,3-4H2,1-2H3;(H,5,6,7). The summed E-state index contributed by atoms with van der Waals surface area (Å²) in [6, 6.07) is 0. The van der Waals surface area contributed by atoms with Gasteiger partial charge in [0.15, 0.2) is 10.1 Å². The molecule has 0 aliphatic heterocycles. The molecule has 0 amide bonds. The SMILES string of the molecule is CCC[n+]1ccn(S(=O)(=O)O)c1C.O=S(=O)([O-])C(F)(F)F. The first-order chi connectivity index (χ1) is 9.21. The number of imidazole rings is 1. The van der Waals surface area contributed by atoms with Crippen LogP contribution < -0.4 is 4.57 Å². The molecule has 1 aromatic rings. The summed E-state index contributed by atoms with van der Waals surface area (Å²) in [5.74, 6) is 0.504. The Morgan fingerprint density at radius 1 is 1.33 bits per heavy atom. The highest BCUT2D eigenvalue weighted by atomic mass is 32.2. The molecule has 0 radical (unpaired) electrons. The molecule has 0 aliphatic rings. The van der Waals surface area contributed by atoms with Gasteiger partial charge in [-0.15, -0.1) is 0 Å². The third kappa shape index (κ3) is 5.99. The van der Waals surface area contributed by atoms with E-state index in [1.54, 1.807) is 17.7 Å². The van der Waals surface area contributed by atoms with Gasteiger partial charge in [0, 0.05) is 6.92 Å². The Bertz CT molecular complexity index is 677. The number of halogens is 3. The van der Waals surface area contributed by atoms with Gasteiger partial charge < -0.3 is 4.55 Å². The molecule has 0 saturated carbocycles. The van der Waals surface area contributed by atoms with E-state index in [0.717, 1.165) is 16.9 Å². The Hall–Kier alpha value is -1.18. The van der Waals surface area contributed by atoms with Crippen LogP contribution in [0.5, 0.6) is 0 Å². The average Bonchev–Trinajstić information content (AvgIpc) is 2.58. The molecule has 1 aromatic heterocycles. The number of alkyl halides is 3. The summed E-state index contributed by atoms with van der Waals surface area (Å²) >= 11 is 0. The summed E-state index contributed by atoms with van der Waals surface area (Å²) in [7, 11) is -10.2. The van der Waals surface area contributed by atoms with Gasteiger partial charge in [0.1, 0.15) is 12.4 Å². The number of hydrogen-bond acceptors (Lipinski definition) is 5. The second kappa shape index (κ2) is 6.72. The zero-order chi connectivity index (χ0) is 17.1. The summed E-state index contributed by atoms with van der Waals surface area (Å²) in [4.78, 5) is 0. The number of nitrogens with zero attached hydrogens (tertiary/aromatic N) is 2. The minimum absolute atomic E-state index is 0.504. The number of rotatable bonds is 3. The van der Waals surface area contributed by atoms with Gasteiger partial charge in [-0.3, -0.25) is 4.55 Å². The van der Waals surface area contributed by atoms with Crippen molar-refractivity contribution in [2.24, 2.45) is 0 Å². The fourth-order valence-electron chi connectivity index (χ4n) is 1.20. The minimum Gasteiger partial charge on any atom is -0.741 e. The van der Waals surface area contributed by atoms with Gasteiger partial charge >= 0.3 is 15.8 Å². The van der Waals surface area contributed by atoms with Gasteiger partial charge in [0.25, 0.3) is 5.82 Å². The molecular weight excluding hydrogens is 341 g/mol. The largest absolute Gasteiger partial charge is 0.741 e. The van der Waals surface area contributed by atoms with Crippen LogP contribution in [-0.2, 0) is 27.0 Å². The predicted octanol–water partition coefficient (Wildman–Crippen LogP) is 0.196. The Morgan fingerprint density at radius 2 is 1.76 bits per heavy atom. The molecule has 0 bridgehead atoms. The lowest BCUT2D eigenvalue weighted by atomic mass is 10.5. The monoisotopic (exact) mass is 354 g/mol. The lowest BCUT2D eigenvalue weighted by Gasteiger charge is -2.08. The van der Waals surface area contributed by atoms with E-state index in [4.69, 9.17) is 17.5 Å². The van der Waals surface area contributed by atoms with Crippen molar-refractivity contribution in [3.8, 4) is 0 Å². The number of hydrogen-bond donors (Lipinski definition) is 1. The van der Waals surface area contributed by atoms with Crippen LogP contribution in [0.2, 0.25) is 0 Å². The molecular formula is C8H13F3N2O6S2. The molecule has 0 unspecified atom stereocenters. The first-order valence-corrected chi connectivity index (χ1v) is 8.10. The molecule has 124 valence electrons. The molecule has 8 nitrogen and oxygen atoms in total. The average molecular weight is 354 g/mol. The first-order valence-electron chi connectivity index (χ1n) is 5.29. The zero-order valence-corrected chi connectivity index (χ0v) is 12.5. The van der Waals surface area contributed by atoms with Crippen molar-refractivity contribution < 1.29 is 43.7 Å². The molecule has 13 heteroatoms. The highest BCUT2D eigenvalue weighted by Gasteiger charge is 2.36. The topological polar surface area (TPSA) is 120 Å². The smallest absolute Gasteiger partial charge is 0.485 e. The Kier molecular flexibility index (Phi) is 6.34. The van der Waals surface area contributed by atoms with Crippen molar-refractivity contribution in [2.45, 2.75) is 32.3 Å². The highest BCUT2D eigenvalue weighted by Crippen LogP contribution is 2.20. The van der Waals surface area contributed by atoms with Crippen molar-refractivity contribution >= 4 is 20.4 Å². The van der Waals surface area contributed by atoms with Crippen LogP contribution in [0.3, 0.4) is 0 Å². The second-order valence-electron chi connectivity index (χ2n) is 3.71. The number of aryl methyl sites for hydroxylation is 1. The van der Waals surface area contributed by atoms with Gasteiger partial charge in [0.05, 0.1) is 6.54 Å². The highest BCUT2D eigenvalue weighted by molar-refractivity contribution is 7.86. The quantitative estimate of drug-likeness (QED) is 0.470. The molecule has 1 rings (SSSR count). The van der Waals surface area contributed by atoms with Crippen LogP contribution >= 0.6 is 0 Å². The molecule has 0 aromatic carbocycles. The fourth-order valence-corrected chi connectivity index (χ4v) is 1.85. The molecule has 0 aliphatic carbocycles. The van der Waals surface area contributed by atoms with E-state index in [0.29, 0.717) is 5.82 Å². The van der Waals surface area contributed by atoms with Gasteiger partial charge in [-0.1, -0.05) is 10.9 Å². The van der Waals surface area contributed by atoms with Crippen LogP contribution in [0, 0.1) is 6.92 Å². The van der Waals surface area contributed by atoms with E-state index >= 15 is 0 Å². The van der Waals surface area contributed by atoms with Crippen molar-refractivity contribution in [2.75, 3.05) is 0 Å². The molecule has 0 atom stereocenters. The van der Waals surface area contributed by atoms with Gasteiger partial charge in [-0.05, 0) is 6.42 Å². The van der Waals surface area contributed by atoms with Gasteiger partial charge in [-0.25, -0.2) is 13.0 Å². The van der Waals surface area contributed by atoms with Crippen LogP contribution in [0.4, 0.5) is 13.2 Å². The van der Waals surface area contributed by atoms with E-state index in [9.17, 15) is 21.6 Å². The Balaban J connectivity index is 0.000000433. The maximum atomic E-state index is 10.8. The number of aromatic nitrogens is 2.